The van der Waals surface area contributed by atoms with E-state index in [0.29, 0.717) is 0 Å². The molecule has 0 aromatic carbocycles. The molecule has 41 heavy (non-hydrogen) atoms. The monoisotopic (exact) mass is 570 g/mol. The second kappa shape index (κ2) is 16.6. The zero-order chi connectivity index (χ0) is 28.4. The van der Waals surface area contributed by atoms with Crippen LogP contribution in [0.15, 0.2) is 5.18 Å². The van der Waals surface area contributed by atoms with Crippen molar-refractivity contribution >= 4 is 0 Å². The number of nitroso groups, excluding NO2 is 1. The molecule has 236 valence electrons. The second-order valence-corrected chi connectivity index (χ2v) is 15.4. The van der Waals surface area contributed by atoms with E-state index in [2.05, 4.69) is 28.8 Å². The first kappa shape index (κ1) is 31.9. The van der Waals surface area contributed by atoms with Crippen LogP contribution in [0, 0.1) is 16.7 Å². The molecule has 0 radical (unpaired) electrons. The van der Waals surface area contributed by atoms with E-state index in [9.17, 15) is 4.91 Å². The molecule has 0 atom stereocenters. The summed E-state index contributed by atoms with van der Waals surface area (Å²) in [4.78, 5) is 17.4. The molecule has 0 heterocycles. The van der Waals surface area contributed by atoms with Crippen molar-refractivity contribution in [1.29, 1.82) is 0 Å². The van der Waals surface area contributed by atoms with E-state index in [1.807, 2.05) is 0 Å². The van der Waals surface area contributed by atoms with Gasteiger partial charge in [-0.15, -0.1) is 0 Å². The summed E-state index contributed by atoms with van der Waals surface area (Å²) in [5, 5.41) is 3.43. The highest BCUT2D eigenvalue weighted by Crippen LogP contribution is 2.44. The fraction of sp³-hybridized carbons (Fsp3) is 1.00. The summed E-state index contributed by atoms with van der Waals surface area (Å²) in [6.07, 6.45) is 36.3. The van der Waals surface area contributed by atoms with Gasteiger partial charge in [0.1, 0.15) is 0 Å². The lowest BCUT2D eigenvalue weighted by molar-refractivity contribution is -0.00308. The van der Waals surface area contributed by atoms with Crippen LogP contribution in [-0.4, -0.2) is 52.1 Å². The Kier molecular flexibility index (Phi) is 12.9. The van der Waals surface area contributed by atoms with Crippen molar-refractivity contribution in [2.24, 2.45) is 17.0 Å². The first-order chi connectivity index (χ1) is 20.2. The standard InChI is InChI=1S/C37H67N3O/c1-3-11-32(12-4-2)39(33-13-7-5-8-14-33)35-23-17-29(18-24-35)30-19-25-36(26-20-30)40(34-15-9-6-10-16-34)37-27-21-31(38-41)22-28-37/h29-37H,3-28H2,1-2H3. The SMILES string of the molecule is CCCC(CCC)N(C1CCCCC1)C1CCC(C2CCC(N(C3CCCCC3)C3CCC(N=O)CC3)CC2)CC1. The van der Waals surface area contributed by atoms with Crippen molar-refractivity contribution in [2.75, 3.05) is 0 Å². The van der Waals surface area contributed by atoms with Crippen LogP contribution >= 0.6 is 0 Å². The first-order valence-electron chi connectivity index (χ1n) is 19.1. The number of hydrogen-bond donors (Lipinski definition) is 0. The van der Waals surface area contributed by atoms with Gasteiger partial charge in [-0.25, -0.2) is 0 Å². The lowest BCUT2D eigenvalue weighted by Crippen LogP contribution is -2.53. The van der Waals surface area contributed by atoms with Gasteiger partial charge in [-0.2, -0.15) is 4.91 Å². The van der Waals surface area contributed by atoms with Crippen LogP contribution in [-0.2, 0) is 0 Å². The van der Waals surface area contributed by atoms with Gasteiger partial charge in [-0.05, 0) is 127 Å². The highest BCUT2D eigenvalue weighted by molar-refractivity contribution is 4.95. The molecule has 5 aliphatic rings. The molecule has 0 amide bonds. The molecule has 0 saturated heterocycles. The van der Waals surface area contributed by atoms with Crippen molar-refractivity contribution in [1.82, 2.24) is 9.80 Å². The Morgan fingerprint density at radius 1 is 0.512 bits per heavy atom. The third-order valence-electron chi connectivity index (χ3n) is 12.9. The molecular formula is C37H67N3O. The molecule has 0 aromatic rings. The summed E-state index contributed by atoms with van der Waals surface area (Å²) in [5.41, 5.74) is 0. The van der Waals surface area contributed by atoms with E-state index in [1.165, 1.54) is 154 Å². The van der Waals surface area contributed by atoms with Crippen molar-refractivity contribution in [3.8, 4) is 0 Å². The van der Waals surface area contributed by atoms with Crippen LogP contribution in [0.1, 0.15) is 181 Å². The minimum atomic E-state index is 0.0959. The molecule has 5 saturated carbocycles. The molecule has 0 spiro atoms. The van der Waals surface area contributed by atoms with Crippen molar-refractivity contribution in [2.45, 2.75) is 223 Å². The molecule has 4 heteroatoms. The Morgan fingerprint density at radius 3 is 1.37 bits per heavy atom. The van der Waals surface area contributed by atoms with Crippen LogP contribution in [0.2, 0.25) is 0 Å². The molecule has 5 rings (SSSR count). The first-order valence-corrected chi connectivity index (χ1v) is 19.1. The topological polar surface area (TPSA) is 35.9 Å². The molecule has 0 N–H and O–H groups in total. The fourth-order valence-corrected chi connectivity index (χ4v) is 10.9. The van der Waals surface area contributed by atoms with Crippen molar-refractivity contribution < 1.29 is 0 Å². The van der Waals surface area contributed by atoms with E-state index >= 15 is 0 Å². The zero-order valence-corrected chi connectivity index (χ0v) is 27.3. The molecule has 0 aliphatic heterocycles. The normalized spacial score (nSPS) is 34.9. The highest BCUT2D eigenvalue weighted by atomic mass is 16.3. The average Bonchev–Trinajstić information content (AvgIpc) is 3.04. The number of nitrogens with zero attached hydrogens (tertiary/aromatic N) is 3. The largest absolute Gasteiger partial charge is 0.294 e. The van der Waals surface area contributed by atoms with Gasteiger partial charge in [0, 0.05) is 36.3 Å². The van der Waals surface area contributed by atoms with E-state index in [1.54, 1.807) is 0 Å². The fourth-order valence-electron chi connectivity index (χ4n) is 10.9. The van der Waals surface area contributed by atoms with Gasteiger partial charge < -0.3 is 0 Å². The summed E-state index contributed by atoms with van der Waals surface area (Å²) in [6.45, 7) is 4.83. The van der Waals surface area contributed by atoms with Gasteiger partial charge in [-0.3, -0.25) is 9.80 Å². The summed E-state index contributed by atoms with van der Waals surface area (Å²) in [7, 11) is 0. The summed E-state index contributed by atoms with van der Waals surface area (Å²) in [5.74, 6) is 1.98. The third-order valence-corrected chi connectivity index (χ3v) is 12.9. The van der Waals surface area contributed by atoms with Crippen LogP contribution in [0.5, 0.6) is 0 Å². The molecule has 5 aliphatic carbocycles. The zero-order valence-electron chi connectivity index (χ0n) is 27.3. The Labute approximate surface area is 254 Å². The smallest absolute Gasteiger partial charge is 0.0921 e. The molecule has 4 nitrogen and oxygen atoms in total. The Hall–Kier alpha value is -0.480. The molecule has 5 fully saturated rings. The Bertz CT molecular complexity index is 716. The average molecular weight is 570 g/mol. The Morgan fingerprint density at radius 2 is 0.902 bits per heavy atom. The lowest BCUT2D eigenvalue weighted by Gasteiger charge is -2.50. The van der Waals surface area contributed by atoms with E-state index in [4.69, 9.17) is 0 Å². The van der Waals surface area contributed by atoms with Gasteiger partial charge in [0.25, 0.3) is 0 Å². The van der Waals surface area contributed by atoms with Crippen molar-refractivity contribution in [3.05, 3.63) is 4.91 Å². The predicted octanol–water partition coefficient (Wildman–Crippen LogP) is 10.4. The number of rotatable bonds is 12. The molecule has 0 bridgehead atoms. The maximum atomic E-state index is 11.2. The maximum absolute atomic E-state index is 11.2. The maximum Gasteiger partial charge on any atom is 0.0921 e. The quantitative estimate of drug-likeness (QED) is 0.219. The minimum Gasteiger partial charge on any atom is -0.294 e. The predicted molar refractivity (Wildman–Crippen MR) is 174 cm³/mol. The van der Waals surface area contributed by atoms with Crippen molar-refractivity contribution in [3.63, 3.8) is 0 Å². The Balaban J connectivity index is 1.16. The summed E-state index contributed by atoms with van der Waals surface area (Å²) < 4.78 is 0. The highest BCUT2D eigenvalue weighted by Gasteiger charge is 2.40. The molecule has 0 aromatic heterocycles. The van der Waals surface area contributed by atoms with E-state index in [-0.39, 0.29) is 6.04 Å². The van der Waals surface area contributed by atoms with Crippen LogP contribution in [0.4, 0.5) is 0 Å². The number of hydrogen-bond acceptors (Lipinski definition) is 4. The summed E-state index contributed by atoms with van der Waals surface area (Å²) in [6, 6.07) is 5.03. The van der Waals surface area contributed by atoms with Crippen LogP contribution in [0.25, 0.3) is 0 Å². The van der Waals surface area contributed by atoms with Gasteiger partial charge in [-0.1, -0.05) is 70.4 Å². The lowest BCUT2D eigenvalue weighted by atomic mass is 9.70. The second-order valence-electron chi connectivity index (χ2n) is 15.4. The van der Waals surface area contributed by atoms with Crippen LogP contribution < -0.4 is 0 Å². The molecule has 0 unspecified atom stereocenters. The molecular weight excluding hydrogens is 502 g/mol. The van der Waals surface area contributed by atoms with Gasteiger partial charge >= 0.3 is 0 Å². The van der Waals surface area contributed by atoms with Gasteiger partial charge in [0.05, 0.1) is 6.04 Å². The third kappa shape index (κ3) is 8.37. The minimum absolute atomic E-state index is 0.0959. The summed E-state index contributed by atoms with van der Waals surface area (Å²) >= 11 is 0. The van der Waals surface area contributed by atoms with Gasteiger partial charge in [0.2, 0.25) is 0 Å². The van der Waals surface area contributed by atoms with E-state index in [0.717, 1.165) is 60.9 Å². The van der Waals surface area contributed by atoms with E-state index < -0.39 is 0 Å². The van der Waals surface area contributed by atoms with Gasteiger partial charge in [0.15, 0.2) is 0 Å². The van der Waals surface area contributed by atoms with Crippen LogP contribution in [0.3, 0.4) is 0 Å².